The van der Waals surface area contributed by atoms with E-state index in [1.165, 1.54) is 0 Å². The fourth-order valence-corrected chi connectivity index (χ4v) is 4.43. The molecule has 1 fully saturated rings. The Bertz CT molecular complexity index is 359. The van der Waals surface area contributed by atoms with Crippen LogP contribution < -0.4 is 0 Å². The number of aliphatic hydroxyl groups excluding tert-OH is 1. The molecule has 0 aromatic rings. The van der Waals surface area contributed by atoms with E-state index in [2.05, 4.69) is 20.8 Å². The Morgan fingerprint density at radius 2 is 1.89 bits per heavy atom. The molecule has 0 radical (unpaired) electrons. The summed E-state index contributed by atoms with van der Waals surface area (Å²) in [5.74, 6) is 0.310. The maximum absolute atomic E-state index is 12.3. The molecule has 1 aliphatic heterocycles. The number of aliphatic hydroxyl groups is 1. The van der Waals surface area contributed by atoms with Crippen LogP contribution in [0.2, 0.25) is 0 Å². The minimum absolute atomic E-state index is 0.0302. The Kier molecular flexibility index (Phi) is 5.21. The van der Waals surface area contributed by atoms with Crippen LogP contribution in [-0.2, 0) is 10.0 Å². The fourth-order valence-electron chi connectivity index (χ4n) is 2.24. The van der Waals surface area contributed by atoms with Crippen molar-refractivity contribution >= 4 is 10.0 Å². The van der Waals surface area contributed by atoms with Gasteiger partial charge in [0.1, 0.15) is 0 Å². The minimum Gasteiger partial charge on any atom is -0.396 e. The van der Waals surface area contributed by atoms with Crippen molar-refractivity contribution < 1.29 is 13.5 Å². The minimum atomic E-state index is -3.19. The van der Waals surface area contributed by atoms with Crippen molar-refractivity contribution in [2.45, 2.75) is 53.0 Å². The summed E-state index contributed by atoms with van der Waals surface area (Å²) in [6.07, 6.45) is 2.44. The van der Waals surface area contributed by atoms with Gasteiger partial charge in [0.2, 0.25) is 10.0 Å². The van der Waals surface area contributed by atoms with Gasteiger partial charge in [0.15, 0.2) is 0 Å². The first-order valence-electron chi connectivity index (χ1n) is 6.76. The molecule has 0 saturated carbocycles. The van der Waals surface area contributed by atoms with E-state index in [9.17, 15) is 13.5 Å². The van der Waals surface area contributed by atoms with Crippen LogP contribution in [-0.4, -0.2) is 42.8 Å². The van der Waals surface area contributed by atoms with E-state index in [0.717, 1.165) is 12.8 Å². The van der Waals surface area contributed by atoms with Crippen molar-refractivity contribution in [3.05, 3.63) is 0 Å². The summed E-state index contributed by atoms with van der Waals surface area (Å²) in [5, 5.41) is 9.20. The predicted octanol–water partition coefficient (Wildman–Crippen LogP) is 1.85. The van der Waals surface area contributed by atoms with Gasteiger partial charge in [-0.15, -0.1) is 0 Å². The van der Waals surface area contributed by atoms with Crippen LogP contribution in [0.15, 0.2) is 0 Å². The number of sulfonamides is 1. The second-order valence-corrected chi connectivity index (χ2v) is 8.71. The Hall–Kier alpha value is -0.130. The largest absolute Gasteiger partial charge is 0.396 e. The molecule has 18 heavy (non-hydrogen) atoms. The molecule has 0 spiro atoms. The van der Waals surface area contributed by atoms with E-state index in [1.807, 2.05) is 6.92 Å². The van der Waals surface area contributed by atoms with E-state index in [1.54, 1.807) is 4.31 Å². The van der Waals surface area contributed by atoms with Crippen LogP contribution in [0.3, 0.4) is 0 Å². The average molecular weight is 277 g/mol. The lowest BCUT2D eigenvalue weighted by molar-refractivity contribution is 0.139. The van der Waals surface area contributed by atoms with Crippen molar-refractivity contribution in [1.82, 2.24) is 4.31 Å². The molecular weight excluding hydrogens is 250 g/mol. The first-order chi connectivity index (χ1) is 8.15. The van der Waals surface area contributed by atoms with Crippen LogP contribution in [0.5, 0.6) is 0 Å². The fraction of sp³-hybridized carbons (Fsp3) is 1.00. The van der Waals surface area contributed by atoms with E-state index in [-0.39, 0.29) is 29.7 Å². The van der Waals surface area contributed by atoms with Gasteiger partial charge in [0.05, 0.1) is 5.75 Å². The average Bonchev–Trinajstić information content (AvgIpc) is 2.26. The van der Waals surface area contributed by atoms with Crippen LogP contribution in [0.25, 0.3) is 0 Å². The number of rotatable bonds is 4. The first-order valence-corrected chi connectivity index (χ1v) is 8.37. The smallest absolute Gasteiger partial charge is 0.214 e. The highest BCUT2D eigenvalue weighted by Crippen LogP contribution is 2.27. The Morgan fingerprint density at radius 1 is 1.28 bits per heavy atom. The second-order valence-electron chi connectivity index (χ2n) is 6.67. The van der Waals surface area contributed by atoms with Crippen molar-refractivity contribution in [3.8, 4) is 0 Å². The molecule has 0 bridgehead atoms. The lowest BCUT2D eigenvalue weighted by Gasteiger charge is -2.36. The molecule has 4 nitrogen and oxygen atoms in total. The van der Waals surface area contributed by atoms with Gasteiger partial charge in [-0.2, -0.15) is 4.31 Å². The molecule has 2 unspecified atom stereocenters. The summed E-state index contributed by atoms with van der Waals surface area (Å²) < 4.78 is 26.3. The molecule has 1 N–H and O–H groups in total. The first kappa shape index (κ1) is 15.9. The van der Waals surface area contributed by atoms with Gasteiger partial charge in [-0.25, -0.2) is 8.42 Å². The lowest BCUT2D eigenvalue weighted by Crippen LogP contribution is -2.47. The summed E-state index contributed by atoms with van der Waals surface area (Å²) in [5.41, 5.74) is 0.0302. The van der Waals surface area contributed by atoms with E-state index in [0.29, 0.717) is 13.0 Å². The summed E-state index contributed by atoms with van der Waals surface area (Å²) in [4.78, 5) is 0. The van der Waals surface area contributed by atoms with Crippen molar-refractivity contribution in [2.75, 3.05) is 18.9 Å². The third kappa shape index (κ3) is 4.52. The zero-order chi connectivity index (χ0) is 14.0. The highest BCUT2D eigenvalue weighted by molar-refractivity contribution is 7.89. The molecule has 1 heterocycles. The third-order valence-electron chi connectivity index (χ3n) is 3.65. The highest BCUT2D eigenvalue weighted by atomic mass is 32.2. The molecule has 0 aromatic heterocycles. The van der Waals surface area contributed by atoms with Crippen molar-refractivity contribution in [1.29, 1.82) is 0 Å². The number of hydrogen-bond donors (Lipinski definition) is 1. The highest BCUT2D eigenvalue weighted by Gasteiger charge is 2.33. The molecule has 2 atom stereocenters. The molecule has 5 heteroatoms. The molecular formula is C13H27NO3S. The molecule has 0 amide bonds. The summed E-state index contributed by atoms with van der Waals surface area (Å²) in [6, 6.07) is 0.0674. The quantitative estimate of drug-likeness (QED) is 0.853. The van der Waals surface area contributed by atoms with Gasteiger partial charge in [-0.05, 0) is 37.5 Å². The topological polar surface area (TPSA) is 57.6 Å². The molecule has 1 aliphatic rings. The van der Waals surface area contributed by atoms with E-state index in [4.69, 9.17) is 0 Å². The Morgan fingerprint density at radius 3 is 2.39 bits per heavy atom. The number of piperidine rings is 1. The maximum Gasteiger partial charge on any atom is 0.214 e. The molecule has 1 rings (SSSR count). The second kappa shape index (κ2) is 5.88. The van der Waals surface area contributed by atoms with Gasteiger partial charge in [0.25, 0.3) is 0 Å². The predicted molar refractivity (Wildman–Crippen MR) is 73.8 cm³/mol. The van der Waals surface area contributed by atoms with Crippen LogP contribution in [0.4, 0.5) is 0 Å². The lowest BCUT2D eigenvalue weighted by atomic mass is 9.94. The SMILES string of the molecule is CC1CCC(CO)CN1S(=O)(=O)CCC(C)(C)C. The Balaban J connectivity index is 2.70. The molecule has 1 saturated heterocycles. The summed E-state index contributed by atoms with van der Waals surface area (Å²) in [6.45, 7) is 8.68. The number of nitrogens with zero attached hydrogens (tertiary/aromatic N) is 1. The maximum atomic E-state index is 12.3. The van der Waals surface area contributed by atoms with Gasteiger partial charge < -0.3 is 5.11 Å². The zero-order valence-corrected chi connectivity index (χ0v) is 12.8. The third-order valence-corrected chi connectivity index (χ3v) is 5.59. The molecule has 0 aromatic carbocycles. The standard InChI is InChI=1S/C13H27NO3S/c1-11-5-6-12(10-15)9-14(11)18(16,17)8-7-13(2,3)4/h11-12,15H,5-10H2,1-4H3. The summed E-state index contributed by atoms with van der Waals surface area (Å²) >= 11 is 0. The monoisotopic (exact) mass is 277 g/mol. The van der Waals surface area contributed by atoms with E-state index >= 15 is 0 Å². The normalized spacial score (nSPS) is 27.4. The van der Waals surface area contributed by atoms with E-state index < -0.39 is 10.0 Å². The van der Waals surface area contributed by atoms with Crippen molar-refractivity contribution in [2.24, 2.45) is 11.3 Å². The van der Waals surface area contributed by atoms with Gasteiger partial charge in [-0.3, -0.25) is 0 Å². The Labute approximate surface area is 111 Å². The number of hydrogen-bond acceptors (Lipinski definition) is 3. The summed E-state index contributed by atoms with van der Waals surface area (Å²) in [7, 11) is -3.19. The van der Waals surface area contributed by atoms with Crippen molar-refractivity contribution in [3.63, 3.8) is 0 Å². The molecule has 108 valence electrons. The zero-order valence-electron chi connectivity index (χ0n) is 12.0. The molecule has 0 aliphatic carbocycles. The van der Waals surface area contributed by atoms with Crippen LogP contribution in [0, 0.1) is 11.3 Å². The van der Waals surface area contributed by atoms with Crippen LogP contribution >= 0.6 is 0 Å². The van der Waals surface area contributed by atoms with Gasteiger partial charge in [0, 0.05) is 19.2 Å². The van der Waals surface area contributed by atoms with Gasteiger partial charge in [-0.1, -0.05) is 20.8 Å². The van der Waals surface area contributed by atoms with Crippen LogP contribution in [0.1, 0.15) is 47.0 Å². The van der Waals surface area contributed by atoms with Gasteiger partial charge >= 0.3 is 0 Å².